The van der Waals surface area contributed by atoms with E-state index in [-0.39, 0.29) is 17.5 Å². The molecule has 1 aromatic rings. The number of carbonyl (C=O) groups excluding carboxylic acids is 1. The van der Waals surface area contributed by atoms with Crippen molar-refractivity contribution in [1.29, 1.82) is 0 Å². The fourth-order valence-corrected chi connectivity index (χ4v) is 1.85. The van der Waals surface area contributed by atoms with Gasteiger partial charge in [-0.1, -0.05) is 18.9 Å². The Morgan fingerprint density at radius 3 is 2.82 bits per heavy atom. The van der Waals surface area contributed by atoms with E-state index in [0.717, 1.165) is 17.9 Å². The zero-order valence-corrected chi connectivity index (χ0v) is 9.85. The topological polar surface area (TPSA) is 72.5 Å². The van der Waals surface area contributed by atoms with Crippen LogP contribution in [0.1, 0.15) is 37.8 Å². The van der Waals surface area contributed by atoms with Gasteiger partial charge in [0.25, 0.3) is 0 Å². The summed E-state index contributed by atoms with van der Waals surface area (Å²) >= 11 is 0. The van der Waals surface area contributed by atoms with E-state index in [9.17, 15) is 9.90 Å². The summed E-state index contributed by atoms with van der Waals surface area (Å²) in [5, 5.41) is 9.71. The average Bonchev–Trinajstić information content (AvgIpc) is 3.04. The first-order valence-electron chi connectivity index (χ1n) is 5.83. The van der Waals surface area contributed by atoms with Gasteiger partial charge in [0.2, 0.25) is 0 Å². The lowest BCUT2D eigenvalue weighted by atomic mass is 10.0. The highest BCUT2D eigenvalue weighted by Gasteiger charge is 2.24. The lowest BCUT2D eigenvalue weighted by Crippen LogP contribution is -2.11. The zero-order chi connectivity index (χ0) is 12.4. The van der Waals surface area contributed by atoms with Crippen molar-refractivity contribution in [3.05, 3.63) is 23.8 Å². The molecule has 1 atom stereocenters. The smallest absolute Gasteiger partial charge is 0.308 e. The molecule has 4 heteroatoms. The lowest BCUT2D eigenvalue weighted by molar-refractivity contribution is -0.132. The number of benzene rings is 1. The molecule has 0 heterocycles. The third kappa shape index (κ3) is 3.20. The van der Waals surface area contributed by atoms with Gasteiger partial charge in [0.1, 0.15) is 0 Å². The molecule has 3 N–H and O–H groups in total. The van der Waals surface area contributed by atoms with Gasteiger partial charge in [0.05, 0.1) is 0 Å². The van der Waals surface area contributed by atoms with Crippen LogP contribution in [0, 0.1) is 5.92 Å². The van der Waals surface area contributed by atoms with Crippen molar-refractivity contribution in [2.45, 2.75) is 32.2 Å². The summed E-state index contributed by atoms with van der Waals surface area (Å²) in [6.45, 7) is 1.30. The molecule has 17 heavy (non-hydrogen) atoms. The van der Waals surface area contributed by atoms with Crippen molar-refractivity contribution in [1.82, 2.24) is 0 Å². The number of hydrogen-bond donors (Lipinski definition) is 2. The van der Waals surface area contributed by atoms with Gasteiger partial charge < -0.3 is 15.6 Å². The van der Waals surface area contributed by atoms with Crippen LogP contribution < -0.4 is 10.5 Å². The molecule has 0 spiro atoms. The summed E-state index contributed by atoms with van der Waals surface area (Å²) in [6.07, 6.45) is 3.46. The lowest BCUT2D eigenvalue weighted by Gasteiger charge is -2.13. The van der Waals surface area contributed by atoms with Gasteiger partial charge in [-0.15, -0.1) is 0 Å². The van der Waals surface area contributed by atoms with Crippen LogP contribution in [-0.4, -0.2) is 11.1 Å². The Morgan fingerprint density at radius 2 is 2.29 bits per heavy atom. The minimum absolute atomic E-state index is 0.0380. The second kappa shape index (κ2) is 4.75. The fraction of sp³-hybridized carbons (Fsp3) is 0.462. The standard InChI is InChI=1S/C13H17NO3/c1-8(15)17-13-5-4-10(7-12(13)16)11(14)6-9-2-3-9/h4-5,7,9,11,16H,2-3,6,14H2,1H3/t11-/m0/s1. The number of carbonyl (C=O) groups is 1. The second-order valence-corrected chi connectivity index (χ2v) is 4.61. The second-order valence-electron chi connectivity index (χ2n) is 4.61. The summed E-state index contributed by atoms with van der Waals surface area (Å²) in [4.78, 5) is 10.8. The molecule has 4 nitrogen and oxygen atoms in total. The minimum atomic E-state index is -0.449. The fourth-order valence-electron chi connectivity index (χ4n) is 1.85. The predicted octanol–water partition coefficient (Wildman–Crippen LogP) is 2.12. The van der Waals surface area contributed by atoms with E-state index in [4.69, 9.17) is 10.5 Å². The maximum atomic E-state index is 10.8. The van der Waals surface area contributed by atoms with E-state index in [2.05, 4.69) is 0 Å². The van der Waals surface area contributed by atoms with Crippen LogP contribution in [0.3, 0.4) is 0 Å². The molecule has 0 unspecified atom stereocenters. The van der Waals surface area contributed by atoms with Crippen molar-refractivity contribution in [2.75, 3.05) is 0 Å². The summed E-state index contributed by atoms with van der Waals surface area (Å²) in [5.74, 6) is 0.430. The quantitative estimate of drug-likeness (QED) is 0.619. The summed E-state index contributed by atoms with van der Waals surface area (Å²) in [5.41, 5.74) is 6.92. The van der Waals surface area contributed by atoms with E-state index in [1.807, 2.05) is 0 Å². The molecule has 1 saturated carbocycles. The number of hydrogen-bond acceptors (Lipinski definition) is 4. The molecule has 0 saturated heterocycles. The van der Waals surface area contributed by atoms with E-state index >= 15 is 0 Å². The number of nitrogens with two attached hydrogens (primary N) is 1. The van der Waals surface area contributed by atoms with Gasteiger partial charge >= 0.3 is 5.97 Å². The Bertz CT molecular complexity index is 427. The molecule has 0 amide bonds. The minimum Gasteiger partial charge on any atom is -0.504 e. The van der Waals surface area contributed by atoms with Crippen LogP contribution >= 0.6 is 0 Å². The molecule has 0 aliphatic heterocycles. The van der Waals surface area contributed by atoms with Gasteiger partial charge in [-0.25, -0.2) is 0 Å². The SMILES string of the molecule is CC(=O)Oc1ccc([C@@H](N)CC2CC2)cc1O. The average molecular weight is 235 g/mol. The highest BCUT2D eigenvalue weighted by molar-refractivity contribution is 5.70. The molecule has 1 aliphatic rings. The van der Waals surface area contributed by atoms with Crippen molar-refractivity contribution in [3.8, 4) is 11.5 Å². The molecule has 92 valence electrons. The number of rotatable bonds is 4. The highest BCUT2D eigenvalue weighted by atomic mass is 16.5. The van der Waals surface area contributed by atoms with Crippen LogP contribution in [0.15, 0.2) is 18.2 Å². The molecule has 2 rings (SSSR count). The molecule has 0 bridgehead atoms. The van der Waals surface area contributed by atoms with E-state index < -0.39 is 5.97 Å². The number of phenols is 1. The van der Waals surface area contributed by atoms with Gasteiger partial charge in [0.15, 0.2) is 11.5 Å². The highest BCUT2D eigenvalue weighted by Crippen LogP contribution is 2.38. The van der Waals surface area contributed by atoms with Gasteiger partial charge in [0, 0.05) is 13.0 Å². The maximum absolute atomic E-state index is 10.8. The van der Waals surface area contributed by atoms with Crippen LogP contribution in [-0.2, 0) is 4.79 Å². The number of phenolic OH excluding ortho intramolecular Hbond substituents is 1. The number of ether oxygens (including phenoxy) is 1. The summed E-state index contributed by atoms with van der Waals surface area (Å²) < 4.78 is 4.84. The van der Waals surface area contributed by atoms with Crippen LogP contribution in [0.2, 0.25) is 0 Å². The van der Waals surface area contributed by atoms with Crippen LogP contribution in [0.4, 0.5) is 0 Å². The molecular formula is C13H17NO3. The van der Waals surface area contributed by atoms with Gasteiger partial charge in [-0.3, -0.25) is 4.79 Å². The zero-order valence-electron chi connectivity index (χ0n) is 9.85. The Hall–Kier alpha value is -1.55. The summed E-state index contributed by atoms with van der Waals surface area (Å²) in [7, 11) is 0. The largest absolute Gasteiger partial charge is 0.504 e. The van der Waals surface area contributed by atoms with E-state index in [1.165, 1.54) is 19.8 Å². The number of esters is 1. The number of aromatic hydroxyl groups is 1. The maximum Gasteiger partial charge on any atom is 0.308 e. The van der Waals surface area contributed by atoms with E-state index in [1.54, 1.807) is 18.2 Å². The molecule has 1 fully saturated rings. The molecular weight excluding hydrogens is 218 g/mol. The Balaban J connectivity index is 2.08. The van der Waals surface area contributed by atoms with Crippen LogP contribution in [0.5, 0.6) is 11.5 Å². The first kappa shape index (κ1) is 11.9. The third-order valence-corrected chi connectivity index (χ3v) is 2.95. The van der Waals surface area contributed by atoms with Crippen molar-refractivity contribution >= 4 is 5.97 Å². The van der Waals surface area contributed by atoms with Crippen LogP contribution in [0.25, 0.3) is 0 Å². The first-order valence-corrected chi connectivity index (χ1v) is 5.83. The molecule has 1 aromatic carbocycles. The van der Waals surface area contributed by atoms with Crippen molar-refractivity contribution in [2.24, 2.45) is 11.7 Å². The predicted molar refractivity (Wildman–Crippen MR) is 63.7 cm³/mol. The Labute approximate surface area is 100 Å². The van der Waals surface area contributed by atoms with Crippen molar-refractivity contribution in [3.63, 3.8) is 0 Å². The molecule has 0 aromatic heterocycles. The van der Waals surface area contributed by atoms with E-state index in [0.29, 0.717) is 0 Å². The van der Waals surface area contributed by atoms with Gasteiger partial charge in [-0.2, -0.15) is 0 Å². The van der Waals surface area contributed by atoms with Crippen molar-refractivity contribution < 1.29 is 14.6 Å². The third-order valence-electron chi connectivity index (χ3n) is 2.95. The Kier molecular flexibility index (Phi) is 3.33. The molecule has 1 aliphatic carbocycles. The Morgan fingerprint density at radius 1 is 1.59 bits per heavy atom. The normalized spacial score (nSPS) is 16.6. The monoisotopic (exact) mass is 235 g/mol. The first-order chi connectivity index (χ1) is 8.06. The molecule has 0 radical (unpaired) electrons. The summed E-state index contributed by atoms with van der Waals surface area (Å²) in [6, 6.07) is 4.90. The van der Waals surface area contributed by atoms with Gasteiger partial charge in [-0.05, 0) is 30.0 Å².